The van der Waals surface area contributed by atoms with E-state index in [-0.39, 0.29) is 5.82 Å². The normalized spacial score (nSPS) is 14.2. The zero-order valence-electron chi connectivity index (χ0n) is 18.6. The van der Waals surface area contributed by atoms with Crippen LogP contribution in [0.1, 0.15) is 28.3 Å². The Hall–Kier alpha value is -3.51. The number of hydrogen-bond donors (Lipinski definition) is 0. The Morgan fingerprint density at radius 3 is 2.53 bits per heavy atom. The van der Waals surface area contributed by atoms with Gasteiger partial charge >= 0.3 is 0 Å². The Bertz CT molecular complexity index is 1300. The third kappa shape index (κ3) is 3.89. The summed E-state index contributed by atoms with van der Waals surface area (Å²) in [4.78, 5) is 11.6. The summed E-state index contributed by atoms with van der Waals surface area (Å²) >= 11 is 0. The summed E-state index contributed by atoms with van der Waals surface area (Å²) in [5, 5.41) is 0. The molecule has 0 aliphatic carbocycles. The number of aryl methyl sites for hydroxylation is 2. The average molecular weight is 428 g/mol. The maximum absolute atomic E-state index is 13.4. The molecule has 4 aromatic rings. The predicted molar refractivity (Wildman–Crippen MR) is 126 cm³/mol. The highest BCUT2D eigenvalue weighted by Gasteiger charge is 2.22. The van der Waals surface area contributed by atoms with E-state index in [0.29, 0.717) is 0 Å². The Morgan fingerprint density at radius 2 is 1.81 bits per heavy atom. The molecule has 6 heteroatoms. The largest absolute Gasteiger partial charge is 0.325 e. The van der Waals surface area contributed by atoms with E-state index in [4.69, 9.17) is 4.98 Å². The minimum atomic E-state index is -0.233. The first-order valence-corrected chi connectivity index (χ1v) is 10.8. The van der Waals surface area contributed by atoms with Crippen LogP contribution in [0.4, 0.5) is 4.39 Å². The molecule has 2 aromatic heterocycles. The zero-order valence-corrected chi connectivity index (χ0v) is 18.6. The lowest BCUT2D eigenvalue weighted by molar-refractivity contribution is 0.270. The van der Waals surface area contributed by atoms with Gasteiger partial charge in [-0.3, -0.25) is 4.90 Å². The molecule has 0 N–H and O–H groups in total. The minimum Gasteiger partial charge on any atom is -0.325 e. The molecule has 0 fully saturated rings. The van der Waals surface area contributed by atoms with Crippen LogP contribution in [0.2, 0.25) is 0 Å². The number of aromatic nitrogens is 4. The lowest BCUT2D eigenvalue weighted by Gasteiger charge is -2.25. The fourth-order valence-corrected chi connectivity index (χ4v) is 4.28. The van der Waals surface area contributed by atoms with Crippen LogP contribution < -0.4 is 0 Å². The van der Waals surface area contributed by atoms with E-state index in [0.717, 1.165) is 53.7 Å². The molecule has 0 spiro atoms. The van der Waals surface area contributed by atoms with E-state index in [1.165, 1.54) is 23.4 Å². The zero-order chi connectivity index (χ0) is 22.2. The van der Waals surface area contributed by atoms with E-state index < -0.39 is 0 Å². The average Bonchev–Trinajstić information content (AvgIpc) is 3.36. The van der Waals surface area contributed by atoms with E-state index in [1.54, 1.807) is 12.1 Å². The Balaban J connectivity index is 1.48. The molecule has 32 heavy (non-hydrogen) atoms. The summed E-state index contributed by atoms with van der Waals surface area (Å²) < 4.78 is 17.8. The minimum absolute atomic E-state index is 0.233. The molecule has 0 saturated carbocycles. The van der Waals surface area contributed by atoms with Gasteiger partial charge in [0.05, 0.1) is 23.4 Å². The summed E-state index contributed by atoms with van der Waals surface area (Å²) in [6.07, 6.45) is 8.07. The fourth-order valence-electron chi connectivity index (χ4n) is 4.28. The first-order valence-electron chi connectivity index (χ1n) is 10.8. The van der Waals surface area contributed by atoms with Crippen molar-refractivity contribution in [3.8, 4) is 16.9 Å². The highest BCUT2D eigenvalue weighted by atomic mass is 19.1. The molecule has 0 unspecified atom stereocenters. The van der Waals surface area contributed by atoms with Crippen molar-refractivity contribution in [1.29, 1.82) is 0 Å². The maximum atomic E-state index is 13.4. The monoisotopic (exact) mass is 427 g/mol. The van der Waals surface area contributed by atoms with Crippen molar-refractivity contribution in [2.24, 2.45) is 0 Å². The third-order valence-electron chi connectivity index (χ3n) is 5.98. The molecule has 2 aromatic carbocycles. The van der Waals surface area contributed by atoms with Gasteiger partial charge in [0, 0.05) is 37.1 Å². The van der Waals surface area contributed by atoms with Gasteiger partial charge in [0.2, 0.25) is 0 Å². The smallest absolute Gasteiger partial charge is 0.133 e. The number of imidazole rings is 2. The Kier molecular flexibility index (Phi) is 5.23. The molecule has 0 atom stereocenters. The van der Waals surface area contributed by atoms with Crippen LogP contribution in [-0.2, 0) is 13.1 Å². The van der Waals surface area contributed by atoms with E-state index in [1.807, 2.05) is 19.4 Å². The molecule has 0 radical (unpaired) electrons. The van der Waals surface area contributed by atoms with Gasteiger partial charge in [0.15, 0.2) is 0 Å². The van der Waals surface area contributed by atoms with Crippen molar-refractivity contribution in [3.63, 3.8) is 0 Å². The summed E-state index contributed by atoms with van der Waals surface area (Å²) in [7, 11) is 2.12. The van der Waals surface area contributed by atoms with Crippen LogP contribution in [0.5, 0.6) is 0 Å². The van der Waals surface area contributed by atoms with E-state index in [9.17, 15) is 4.39 Å². The summed E-state index contributed by atoms with van der Waals surface area (Å²) in [6, 6.07) is 13.0. The number of fused-ring (bicyclic) bond motifs is 1. The van der Waals surface area contributed by atoms with Crippen molar-refractivity contribution >= 4 is 12.2 Å². The molecule has 0 saturated heterocycles. The second kappa shape index (κ2) is 8.20. The second-order valence-electron chi connectivity index (χ2n) is 8.46. The van der Waals surface area contributed by atoms with Gasteiger partial charge in [-0.2, -0.15) is 0 Å². The van der Waals surface area contributed by atoms with Crippen LogP contribution in [-0.4, -0.2) is 37.6 Å². The van der Waals surface area contributed by atoms with Crippen molar-refractivity contribution in [3.05, 3.63) is 89.1 Å². The SMILES string of the molecule is Cc1cn(-c2ccc(/C=C/c3nc(-c4ccc(F)cc4)c4n3CCN(C)C4)cc2C)cn1. The van der Waals surface area contributed by atoms with Crippen molar-refractivity contribution < 1.29 is 4.39 Å². The number of hydrogen-bond acceptors (Lipinski definition) is 3. The van der Waals surface area contributed by atoms with Crippen LogP contribution in [0, 0.1) is 19.7 Å². The fraction of sp³-hybridized carbons (Fsp3) is 0.231. The standard InChI is InChI=1S/C26H26FN5/c1-18-14-20(4-10-23(18)31-15-19(2)28-17-31)5-11-25-29-26(21-6-8-22(27)9-7-21)24-16-30(3)12-13-32(24)25/h4-11,14-15,17H,12-13,16H2,1-3H3/b11-5+. The van der Waals surface area contributed by atoms with Gasteiger partial charge in [-0.1, -0.05) is 12.1 Å². The van der Waals surface area contributed by atoms with Gasteiger partial charge < -0.3 is 9.13 Å². The van der Waals surface area contributed by atoms with Crippen LogP contribution in [0.15, 0.2) is 55.0 Å². The van der Waals surface area contributed by atoms with E-state index in [2.05, 4.69) is 63.3 Å². The molecule has 162 valence electrons. The summed E-state index contributed by atoms with van der Waals surface area (Å²) in [5.41, 5.74) is 7.48. The molecule has 0 amide bonds. The third-order valence-corrected chi connectivity index (χ3v) is 5.98. The lowest BCUT2D eigenvalue weighted by Crippen LogP contribution is -2.30. The van der Waals surface area contributed by atoms with Crippen molar-refractivity contribution in [1.82, 2.24) is 24.0 Å². The lowest BCUT2D eigenvalue weighted by atomic mass is 10.1. The topological polar surface area (TPSA) is 38.9 Å². The van der Waals surface area contributed by atoms with Gasteiger partial charge in [0.25, 0.3) is 0 Å². The van der Waals surface area contributed by atoms with Crippen LogP contribution >= 0.6 is 0 Å². The van der Waals surface area contributed by atoms with Gasteiger partial charge in [-0.15, -0.1) is 0 Å². The number of nitrogens with zero attached hydrogens (tertiary/aromatic N) is 5. The molecule has 1 aliphatic heterocycles. The summed E-state index contributed by atoms with van der Waals surface area (Å²) in [5.74, 6) is 0.697. The molecular weight excluding hydrogens is 401 g/mol. The quantitative estimate of drug-likeness (QED) is 0.454. The highest BCUT2D eigenvalue weighted by molar-refractivity contribution is 5.71. The van der Waals surface area contributed by atoms with Crippen LogP contribution in [0.3, 0.4) is 0 Å². The number of rotatable bonds is 4. The van der Waals surface area contributed by atoms with Crippen molar-refractivity contribution in [2.75, 3.05) is 13.6 Å². The maximum Gasteiger partial charge on any atom is 0.133 e. The predicted octanol–water partition coefficient (Wildman–Crippen LogP) is 5.11. The number of halogens is 1. The number of benzene rings is 2. The molecule has 5 rings (SSSR count). The van der Waals surface area contributed by atoms with E-state index >= 15 is 0 Å². The Morgan fingerprint density at radius 1 is 1.00 bits per heavy atom. The first kappa shape index (κ1) is 20.4. The molecule has 1 aliphatic rings. The van der Waals surface area contributed by atoms with Crippen molar-refractivity contribution in [2.45, 2.75) is 26.9 Å². The van der Waals surface area contributed by atoms with Crippen LogP contribution in [0.25, 0.3) is 29.1 Å². The molecule has 5 nitrogen and oxygen atoms in total. The van der Waals surface area contributed by atoms with Gasteiger partial charge in [0.1, 0.15) is 11.6 Å². The second-order valence-corrected chi connectivity index (χ2v) is 8.46. The Labute approximate surface area is 187 Å². The molecule has 3 heterocycles. The highest BCUT2D eigenvalue weighted by Crippen LogP contribution is 2.29. The molecular formula is C26H26FN5. The summed E-state index contributed by atoms with van der Waals surface area (Å²) in [6.45, 7) is 6.79. The molecule has 0 bridgehead atoms. The number of likely N-dealkylation sites (N-methyl/N-ethyl adjacent to an activating group) is 1. The van der Waals surface area contributed by atoms with Gasteiger partial charge in [-0.25, -0.2) is 14.4 Å². The van der Waals surface area contributed by atoms with Gasteiger partial charge in [-0.05, 0) is 74.5 Å². The first-order chi connectivity index (χ1) is 15.5.